The summed E-state index contributed by atoms with van der Waals surface area (Å²) in [4.78, 5) is 12.7. The lowest BCUT2D eigenvalue weighted by atomic mass is 10.2. The van der Waals surface area contributed by atoms with Gasteiger partial charge in [-0.2, -0.15) is 5.10 Å². The van der Waals surface area contributed by atoms with Crippen molar-refractivity contribution in [3.8, 4) is 11.5 Å². The number of aryl methyl sites for hydroxylation is 1. The highest BCUT2D eigenvalue weighted by Crippen LogP contribution is 2.23. The van der Waals surface area contributed by atoms with Gasteiger partial charge >= 0.3 is 0 Å². The Morgan fingerprint density at radius 2 is 1.86 bits per heavy atom. The van der Waals surface area contributed by atoms with Crippen LogP contribution in [0.25, 0.3) is 0 Å². The van der Waals surface area contributed by atoms with Crippen LogP contribution in [0.15, 0.2) is 48.5 Å². The molecular formula is C22H25N3O3. The van der Waals surface area contributed by atoms with Crippen LogP contribution in [0, 0.1) is 13.8 Å². The van der Waals surface area contributed by atoms with Gasteiger partial charge in [-0.25, -0.2) is 0 Å². The normalized spacial score (nSPS) is 10.6. The van der Waals surface area contributed by atoms with Crippen LogP contribution in [0.2, 0.25) is 0 Å². The summed E-state index contributed by atoms with van der Waals surface area (Å²) in [5, 5.41) is 7.58. The van der Waals surface area contributed by atoms with Crippen molar-refractivity contribution in [3.63, 3.8) is 0 Å². The van der Waals surface area contributed by atoms with Crippen molar-refractivity contribution in [3.05, 3.63) is 71.0 Å². The van der Waals surface area contributed by atoms with Gasteiger partial charge in [-0.3, -0.25) is 9.48 Å². The van der Waals surface area contributed by atoms with E-state index in [4.69, 9.17) is 9.47 Å². The first kappa shape index (κ1) is 19.5. The summed E-state index contributed by atoms with van der Waals surface area (Å²) in [6.45, 7) is 6.91. The fraction of sp³-hybridized carbons (Fsp3) is 0.273. The molecular weight excluding hydrogens is 354 g/mol. The molecule has 0 radical (unpaired) electrons. The Hall–Kier alpha value is -3.28. The zero-order chi connectivity index (χ0) is 20.1. The second-order valence-corrected chi connectivity index (χ2v) is 6.47. The molecule has 146 valence electrons. The van der Waals surface area contributed by atoms with Gasteiger partial charge in [-0.1, -0.05) is 18.2 Å². The minimum atomic E-state index is -0.186. The molecule has 0 aliphatic rings. The first-order valence-corrected chi connectivity index (χ1v) is 9.23. The number of methoxy groups -OCH3 is 1. The molecule has 0 saturated carbocycles. The third-order valence-corrected chi connectivity index (χ3v) is 4.49. The summed E-state index contributed by atoms with van der Waals surface area (Å²) >= 11 is 0. The third-order valence-electron chi connectivity index (χ3n) is 4.49. The van der Waals surface area contributed by atoms with Crippen molar-refractivity contribution in [2.75, 3.05) is 19.0 Å². The molecule has 28 heavy (non-hydrogen) atoms. The predicted molar refractivity (Wildman–Crippen MR) is 109 cm³/mol. The molecule has 0 aliphatic carbocycles. The van der Waals surface area contributed by atoms with Gasteiger partial charge in [0.2, 0.25) is 0 Å². The van der Waals surface area contributed by atoms with Crippen LogP contribution < -0.4 is 14.8 Å². The maximum absolute atomic E-state index is 12.7. The molecule has 1 N–H and O–H groups in total. The van der Waals surface area contributed by atoms with E-state index in [2.05, 4.69) is 10.4 Å². The molecule has 0 bridgehead atoms. The van der Waals surface area contributed by atoms with Crippen LogP contribution in [0.3, 0.4) is 0 Å². The zero-order valence-corrected chi connectivity index (χ0v) is 16.7. The summed E-state index contributed by atoms with van der Waals surface area (Å²) in [5.41, 5.74) is 4.02. The topological polar surface area (TPSA) is 65.4 Å². The molecule has 0 unspecified atom stereocenters. The number of ether oxygens (including phenoxy) is 2. The molecule has 1 aromatic heterocycles. The molecule has 0 aliphatic heterocycles. The van der Waals surface area contributed by atoms with Crippen LogP contribution in [0.4, 0.5) is 5.69 Å². The van der Waals surface area contributed by atoms with E-state index in [0.717, 1.165) is 28.4 Å². The molecule has 3 rings (SSSR count). The smallest absolute Gasteiger partial charge is 0.255 e. The average Bonchev–Trinajstić information content (AvgIpc) is 2.96. The van der Waals surface area contributed by atoms with Crippen molar-refractivity contribution in [1.29, 1.82) is 0 Å². The second-order valence-electron chi connectivity index (χ2n) is 6.47. The van der Waals surface area contributed by atoms with Crippen LogP contribution in [-0.4, -0.2) is 29.4 Å². The summed E-state index contributed by atoms with van der Waals surface area (Å²) in [6, 6.07) is 15.0. The van der Waals surface area contributed by atoms with Gasteiger partial charge in [-0.15, -0.1) is 0 Å². The van der Waals surface area contributed by atoms with E-state index in [1.54, 1.807) is 19.2 Å². The van der Waals surface area contributed by atoms with E-state index >= 15 is 0 Å². The molecule has 1 heterocycles. The fourth-order valence-corrected chi connectivity index (χ4v) is 3.06. The van der Waals surface area contributed by atoms with E-state index in [-0.39, 0.29) is 5.91 Å². The first-order chi connectivity index (χ1) is 13.5. The number of nitrogens with zero attached hydrogens (tertiary/aromatic N) is 2. The molecule has 2 aromatic carbocycles. The number of carbonyl (C=O) groups excluding carboxylic acids is 1. The third kappa shape index (κ3) is 4.34. The lowest BCUT2D eigenvalue weighted by Gasteiger charge is -2.09. The highest BCUT2D eigenvalue weighted by atomic mass is 16.5. The Balaban J connectivity index is 1.79. The van der Waals surface area contributed by atoms with Crippen LogP contribution >= 0.6 is 0 Å². The average molecular weight is 379 g/mol. The van der Waals surface area contributed by atoms with E-state index in [9.17, 15) is 4.79 Å². The lowest BCUT2D eigenvalue weighted by molar-refractivity contribution is 0.102. The predicted octanol–water partition coefficient (Wildman–Crippen LogP) is 4.21. The molecule has 0 fully saturated rings. The molecule has 0 spiro atoms. The Morgan fingerprint density at radius 1 is 1.11 bits per heavy atom. The SMILES string of the molecule is CCOc1cccc(C(=O)Nc2c(C)nn(Cc3cccc(OC)c3)c2C)c1. The summed E-state index contributed by atoms with van der Waals surface area (Å²) < 4.78 is 12.6. The van der Waals surface area contributed by atoms with Crippen molar-refractivity contribution < 1.29 is 14.3 Å². The van der Waals surface area contributed by atoms with Crippen molar-refractivity contribution in [2.24, 2.45) is 0 Å². The Bertz CT molecular complexity index is 979. The van der Waals surface area contributed by atoms with Crippen molar-refractivity contribution >= 4 is 11.6 Å². The number of carbonyl (C=O) groups is 1. The van der Waals surface area contributed by atoms with E-state index in [1.807, 2.05) is 61.9 Å². The molecule has 1 amide bonds. The molecule has 6 nitrogen and oxygen atoms in total. The van der Waals surface area contributed by atoms with Gasteiger partial charge in [0.1, 0.15) is 11.5 Å². The quantitative estimate of drug-likeness (QED) is 0.668. The second kappa shape index (κ2) is 8.61. The Morgan fingerprint density at radius 3 is 2.61 bits per heavy atom. The van der Waals surface area contributed by atoms with Crippen molar-refractivity contribution in [1.82, 2.24) is 9.78 Å². The maximum atomic E-state index is 12.7. The molecule has 0 atom stereocenters. The molecule has 0 saturated heterocycles. The zero-order valence-electron chi connectivity index (χ0n) is 16.7. The lowest BCUT2D eigenvalue weighted by Crippen LogP contribution is -2.13. The van der Waals surface area contributed by atoms with Crippen molar-refractivity contribution in [2.45, 2.75) is 27.3 Å². The summed E-state index contributed by atoms with van der Waals surface area (Å²) in [5.74, 6) is 1.30. The molecule has 6 heteroatoms. The van der Waals surface area contributed by atoms with Gasteiger partial charge in [0.15, 0.2) is 0 Å². The molecule has 3 aromatic rings. The number of anilines is 1. The number of rotatable bonds is 7. The monoisotopic (exact) mass is 379 g/mol. The van der Waals surface area contributed by atoms with Crippen LogP contribution in [0.5, 0.6) is 11.5 Å². The minimum Gasteiger partial charge on any atom is -0.497 e. The first-order valence-electron chi connectivity index (χ1n) is 9.23. The largest absolute Gasteiger partial charge is 0.497 e. The van der Waals surface area contributed by atoms with Crippen LogP contribution in [0.1, 0.15) is 34.2 Å². The standard InChI is InChI=1S/C22H25N3O3/c1-5-28-20-11-7-9-18(13-20)22(26)23-21-15(2)24-25(16(21)3)14-17-8-6-10-19(12-17)27-4/h6-13H,5,14H2,1-4H3,(H,23,26). The Labute approximate surface area is 165 Å². The highest BCUT2D eigenvalue weighted by molar-refractivity contribution is 6.05. The number of amides is 1. The van der Waals surface area contributed by atoms with E-state index in [1.165, 1.54) is 0 Å². The number of hydrogen-bond acceptors (Lipinski definition) is 4. The van der Waals surface area contributed by atoms with Gasteiger partial charge in [0.05, 0.1) is 37.3 Å². The summed E-state index contributed by atoms with van der Waals surface area (Å²) in [6.07, 6.45) is 0. The number of aromatic nitrogens is 2. The fourth-order valence-electron chi connectivity index (χ4n) is 3.06. The summed E-state index contributed by atoms with van der Waals surface area (Å²) in [7, 11) is 1.65. The Kier molecular flexibility index (Phi) is 5.99. The van der Waals surface area contributed by atoms with Gasteiger partial charge in [0.25, 0.3) is 5.91 Å². The maximum Gasteiger partial charge on any atom is 0.255 e. The van der Waals surface area contributed by atoms with Gasteiger partial charge in [0, 0.05) is 5.56 Å². The van der Waals surface area contributed by atoms with Gasteiger partial charge < -0.3 is 14.8 Å². The number of benzene rings is 2. The highest BCUT2D eigenvalue weighted by Gasteiger charge is 2.16. The number of nitrogens with one attached hydrogen (secondary N) is 1. The van der Waals surface area contributed by atoms with E-state index in [0.29, 0.717) is 24.5 Å². The van der Waals surface area contributed by atoms with E-state index < -0.39 is 0 Å². The number of hydrogen-bond donors (Lipinski definition) is 1. The van der Waals surface area contributed by atoms with Crippen LogP contribution in [-0.2, 0) is 6.54 Å². The minimum absolute atomic E-state index is 0.186. The van der Waals surface area contributed by atoms with Gasteiger partial charge in [-0.05, 0) is 56.7 Å².